The van der Waals surface area contributed by atoms with Gasteiger partial charge in [0.25, 0.3) is 0 Å². The Morgan fingerprint density at radius 2 is 2.04 bits per heavy atom. The van der Waals surface area contributed by atoms with Crippen molar-refractivity contribution in [1.29, 1.82) is 0 Å². The molecule has 1 N–H and O–H groups in total. The highest BCUT2D eigenvalue weighted by molar-refractivity contribution is 6.38. The molecule has 23 heavy (non-hydrogen) atoms. The van der Waals surface area contributed by atoms with Crippen molar-refractivity contribution in [1.82, 2.24) is 10.2 Å². The molecule has 0 unspecified atom stereocenters. The Balaban J connectivity index is 2.24. The maximum Gasteiger partial charge on any atom is 0.434 e. The summed E-state index contributed by atoms with van der Waals surface area (Å²) in [4.78, 5) is 27.4. The number of nitrogens with one attached hydrogen (secondary N) is 1. The van der Waals surface area contributed by atoms with E-state index >= 15 is 0 Å². The molecule has 0 saturated heterocycles. The van der Waals surface area contributed by atoms with Crippen molar-refractivity contribution in [3.63, 3.8) is 0 Å². The van der Waals surface area contributed by atoms with E-state index in [1.165, 1.54) is 7.11 Å². The molecule has 0 aliphatic rings. The van der Waals surface area contributed by atoms with E-state index in [4.69, 9.17) is 9.47 Å². The second kappa shape index (κ2) is 6.60. The van der Waals surface area contributed by atoms with Crippen LogP contribution in [-0.4, -0.2) is 40.7 Å². The van der Waals surface area contributed by atoms with Crippen LogP contribution in [0.2, 0.25) is 0 Å². The second-order valence-corrected chi connectivity index (χ2v) is 6.00. The number of hydrogen-bond acceptors (Lipinski definition) is 5. The van der Waals surface area contributed by atoms with E-state index in [-0.39, 0.29) is 12.1 Å². The number of fused-ring (bicyclic) bond motifs is 1. The van der Waals surface area contributed by atoms with Gasteiger partial charge >= 0.3 is 12.1 Å². The molecule has 2 rings (SSSR count). The Bertz CT molecular complexity index is 756. The van der Waals surface area contributed by atoms with Gasteiger partial charge in [-0.15, -0.1) is 0 Å². The molecule has 0 radical (unpaired) electrons. The molecule has 1 aromatic carbocycles. The highest BCUT2D eigenvalue weighted by Crippen LogP contribution is 2.14. The molecule has 7 heteroatoms. The zero-order chi connectivity index (χ0) is 17.0. The van der Waals surface area contributed by atoms with Gasteiger partial charge in [0.15, 0.2) is 0 Å². The summed E-state index contributed by atoms with van der Waals surface area (Å²) in [7, 11) is 1.24. The highest BCUT2D eigenvalue weighted by atomic mass is 16.6. The lowest BCUT2D eigenvalue weighted by atomic mass is 10.1. The van der Waals surface area contributed by atoms with E-state index in [1.54, 1.807) is 27.0 Å². The number of carbonyl (C=O) groups is 2. The lowest BCUT2D eigenvalue weighted by Crippen LogP contribution is -2.25. The molecule has 1 heterocycles. The summed E-state index contributed by atoms with van der Waals surface area (Å²) >= 11 is 0. The minimum Gasteiger partial charge on any atom is -0.465 e. The first-order valence-corrected chi connectivity index (χ1v) is 7.09. The van der Waals surface area contributed by atoms with Crippen LogP contribution in [0.5, 0.6) is 0 Å². The van der Waals surface area contributed by atoms with Gasteiger partial charge in [0.1, 0.15) is 11.3 Å². The van der Waals surface area contributed by atoms with Crippen LogP contribution in [-0.2, 0) is 20.7 Å². The number of aromatic nitrogens is 2. The standard InChI is InChI=1S/C16H19N3O4/c1-16(2,3)23-15(21)18-13(14(20)22-4)8-10-5-6-12-11(7-10)9-17-19-12/h5-7,9H,8H2,1-4H3,(H,17,19). The van der Waals surface area contributed by atoms with Gasteiger partial charge in [-0.2, -0.15) is 10.1 Å². The third-order valence-corrected chi connectivity index (χ3v) is 2.92. The van der Waals surface area contributed by atoms with E-state index in [1.807, 2.05) is 18.2 Å². The smallest absolute Gasteiger partial charge is 0.434 e. The predicted molar refractivity (Wildman–Crippen MR) is 85.5 cm³/mol. The summed E-state index contributed by atoms with van der Waals surface area (Å²) in [5.74, 6) is -0.664. The van der Waals surface area contributed by atoms with Crippen molar-refractivity contribution in [2.24, 2.45) is 4.99 Å². The monoisotopic (exact) mass is 317 g/mol. The SMILES string of the molecule is COC(=O)C(Cc1ccc2[nH]ncc2c1)=NC(=O)OC(C)(C)C. The van der Waals surface area contributed by atoms with Crippen molar-refractivity contribution >= 4 is 28.7 Å². The highest BCUT2D eigenvalue weighted by Gasteiger charge is 2.20. The third kappa shape index (κ3) is 4.64. The molecule has 2 aromatic rings. The molecular formula is C16H19N3O4. The molecule has 1 aromatic heterocycles. The second-order valence-electron chi connectivity index (χ2n) is 6.00. The van der Waals surface area contributed by atoms with Crippen LogP contribution in [0.4, 0.5) is 4.79 Å². The van der Waals surface area contributed by atoms with Crippen molar-refractivity contribution < 1.29 is 19.1 Å². The van der Waals surface area contributed by atoms with Crippen molar-refractivity contribution in [2.45, 2.75) is 32.8 Å². The molecule has 7 nitrogen and oxygen atoms in total. The van der Waals surface area contributed by atoms with Gasteiger partial charge in [0.05, 0.1) is 18.8 Å². The van der Waals surface area contributed by atoms with Gasteiger partial charge in [-0.1, -0.05) is 6.07 Å². The molecule has 0 bridgehead atoms. The number of methoxy groups -OCH3 is 1. The zero-order valence-electron chi connectivity index (χ0n) is 13.5. The fraction of sp³-hybridized carbons (Fsp3) is 0.375. The average molecular weight is 317 g/mol. The number of ether oxygens (including phenoxy) is 2. The molecule has 0 saturated carbocycles. The number of aromatic amines is 1. The predicted octanol–water partition coefficient (Wildman–Crippen LogP) is 2.65. The van der Waals surface area contributed by atoms with Crippen LogP contribution in [0.3, 0.4) is 0 Å². The summed E-state index contributed by atoms with van der Waals surface area (Å²) in [5, 5.41) is 7.69. The van der Waals surface area contributed by atoms with Crippen LogP contribution >= 0.6 is 0 Å². The fourth-order valence-corrected chi connectivity index (χ4v) is 1.97. The minimum absolute atomic E-state index is 0.00963. The number of hydrogen-bond donors (Lipinski definition) is 1. The van der Waals surface area contributed by atoms with E-state index in [0.717, 1.165) is 16.5 Å². The summed E-state index contributed by atoms with van der Waals surface area (Å²) in [6.07, 6.45) is 1.02. The quantitative estimate of drug-likeness (QED) is 0.694. The first kappa shape index (κ1) is 16.7. The van der Waals surface area contributed by atoms with E-state index < -0.39 is 17.7 Å². The van der Waals surface area contributed by atoms with E-state index in [0.29, 0.717) is 0 Å². The largest absolute Gasteiger partial charge is 0.465 e. The van der Waals surface area contributed by atoms with Crippen LogP contribution in [0.1, 0.15) is 26.3 Å². The summed E-state index contributed by atoms with van der Waals surface area (Å²) in [5.41, 5.74) is 1.01. The lowest BCUT2D eigenvalue weighted by molar-refractivity contribution is -0.132. The van der Waals surface area contributed by atoms with Crippen LogP contribution in [0.25, 0.3) is 10.9 Å². The molecule has 0 aliphatic carbocycles. The molecule has 0 spiro atoms. The minimum atomic E-state index is -0.817. The van der Waals surface area contributed by atoms with Gasteiger partial charge in [0, 0.05) is 11.8 Å². The first-order valence-electron chi connectivity index (χ1n) is 7.09. The number of esters is 1. The van der Waals surface area contributed by atoms with E-state index in [9.17, 15) is 9.59 Å². The van der Waals surface area contributed by atoms with Crippen molar-refractivity contribution in [3.05, 3.63) is 30.0 Å². The van der Waals surface area contributed by atoms with Gasteiger partial charge in [0.2, 0.25) is 0 Å². The van der Waals surface area contributed by atoms with Gasteiger partial charge < -0.3 is 9.47 Å². The third-order valence-electron chi connectivity index (χ3n) is 2.92. The van der Waals surface area contributed by atoms with Crippen molar-refractivity contribution in [2.75, 3.05) is 7.11 Å². The van der Waals surface area contributed by atoms with Gasteiger partial charge in [-0.3, -0.25) is 5.10 Å². The number of carbonyl (C=O) groups excluding carboxylic acids is 2. The van der Waals surface area contributed by atoms with Crippen LogP contribution in [0.15, 0.2) is 29.4 Å². The maximum atomic E-state index is 11.9. The summed E-state index contributed by atoms with van der Waals surface area (Å²) in [6, 6.07) is 5.54. The Morgan fingerprint density at radius 1 is 1.30 bits per heavy atom. The maximum absolute atomic E-state index is 11.9. The van der Waals surface area contributed by atoms with Crippen molar-refractivity contribution in [3.8, 4) is 0 Å². The average Bonchev–Trinajstić information content (AvgIpc) is 2.91. The van der Waals surface area contributed by atoms with E-state index in [2.05, 4.69) is 15.2 Å². The lowest BCUT2D eigenvalue weighted by Gasteiger charge is -2.17. The number of amides is 1. The molecule has 0 fully saturated rings. The Kier molecular flexibility index (Phi) is 4.78. The molecule has 1 amide bonds. The molecule has 0 aliphatic heterocycles. The number of H-pyrrole nitrogens is 1. The van der Waals surface area contributed by atoms with Crippen LogP contribution < -0.4 is 0 Å². The number of benzene rings is 1. The van der Waals surface area contributed by atoms with Gasteiger partial charge in [-0.25, -0.2) is 9.59 Å². The first-order chi connectivity index (χ1) is 10.8. The Labute approximate surface area is 133 Å². The topological polar surface area (TPSA) is 93.6 Å². The zero-order valence-corrected chi connectivity index (χ0v) is 13.5. The Morgan fingerprint density at radius 3 is 2.70 bits per heavy atom. The van der Waals surface area contributed by atoms with Crippen LogP contribution in [0, 0.1) is 0 Å². The number of aliphatic imine (C=N–C) groups is 1. The number of nitrogens with zero attached hydrogens (tertiary/aromatic N) is 2. The molecule has 0 atom stereocenters. The summed E-state index contributed by atoms with van der Waals surface area (Å²) in [6.45, 7) is 5.18. The number of rotatable bonds is 3. The summed E-state index contributed by atoms with van der Waals surface area (Å²) < 4.78 is 9.80. The fourth-order valence-electron chi connectivity index (χ4n) is 1.97. The van der Waals surface area contributed by atoms with Gasteiger partial charge in [-0.05, 0) is 38.5 Å². The molecular weight excluding hydrogens is 298 g/mol. The normalized spacial score (nSPS) is 12.3. The molecule has 122 valence electrons. The Hall–Kier alpha value is -2.70.